The fraction of sp³-hybridized carbons (Fsp3) is 0.444. The third kappa shape index (κ3) is 4.91. The monoisotopic (exact) mass is 393 g/mol. The van der Waals surface area contributed by atoms with Crippen LogP contribution in [-0.2, 0) is 14.3 Å². The van der Waals surface area contributed by atoms with Gasteiger partial charge in [0.2, 0.25) is 5.91 Å². The number of rotatable bonds is 6. The normalized spacial score (nSPS) is 21.7. The summed E-state index contributed by atoms with van der Waals surface area (Å²) >= 11 is 5.93. The Morgan fingerprint density at radius 1 is 1.30 bits per heavy atom. The highest BCUT2D eigenvalue weighted by atomic mass is 35.5. The second-order valence-corrected chi connectivity index (χ2v) is 6.88. The van der Waals surface area contributed by atoms with Crippen molar-refractivity contribution in [1.82, 2.24) is 5.32 Å². The molecule has 2 saturated heterocycles. The molecule has 144 valence electrons. The van der Waals surface area contributed by atoms with E-state index in [1.807, 2.05) is 0 Å². The Labute approximate surface area is 162 Å². The van der Waals surface area contributed by atoms with E-state index in [0.717, 1.165) is 44.2 Å². The highest BCUT2D eigenvalue weighted by Gasteiger charge is 2.40. The molecular weight excluding hydrogens is 372 g/mol. The molecule has 0 unspecified atom stereocenters. The zero-order chi connectivity index (χ0) is 19.2. The second kappa shape index (κ2) is 9.07. The lowest BCUT2D eigenvalue weighted by molar-refractivity contribution is -0.908. The SMILES string of the molecule is O=C1NC(=O)N(c2cccc(Cl)c2)C(=O)[C@H]1C=NCCC[NH+]1CCOCC1. The van der Waals surface area contributed by atoms with E-state index in [0.29, 0.717) is 17.3 Å². The first-order valence-electron chi connectivity index (χ1n) is 8.92. The smallest absolute Gasteiger partial charge is 0.335 e. The quantitative estimate of drug-likeness (QED) is 0.401. The molecule has 0 spiro atoms. The second-order valence-electron chi connectivity index (χ2n) is 6.45. The van der Waals surface area contributed by atoms with Crippen molar-refractivity contribution in [3.8, 4) is 0 Å². The molecule has 8 nitrogen and oxygen atoms in total. The Bertz CT molecular complexity index is 749. The van der Waals surface area contributed by atoms with Crippen LogP contribution in [-0.4, -0.2) is 63.5 Å². The number of quaternary nitrogens is 1. The predicted molar refractivity (Wildman–Crippen MR) is 100 cm³/mol. The van der Waals surface area contributed by atoms with Gasteiger partial charge in [-0.1, -0.05) is 17.7 Å². The van der Waals surface area contributed by atoms with Gasteiger partial charge in [-0.25, -0.2) is 9.69 Å². The molecule has 27 heavy (non-hydrogen) atoms. The topological polar surface area (TPSA) is 92.5 Å². The number of aliphatic imine (C=N–C) groups is 1. The molecule has 3 rings (SSSR count). The predicted octanol–water partition coefficient (Wildman–Crippen LogP) is -0.0850. The van der Waals surface area contributed by atoms with Gasteiger partial charge in [-0.3, -0.25) is 19.9 Å². The summed E-state index contributed by atoms with van der Waals surface area (Å²) in [6.45, 7) is 5.03. The number of morpholine rings is 1. The molecule has 0 bridgehead atoms. The molecule has 0 saturated carbocycles. The summed E-state index contributed by atoms with van der Waals surface area (Å²) in [5.41, 5.74) is 0.312. The van der Waals surface area contributed by atoms with E-state index in [1.165, 1.54) is 17.2 Å². The summed E-state index contributed by atoms with van der Waals surface area (Å²) in [4.78, 5) is 43.4. The minimum atomic E-state index is -1.13. The van der Waals surface area contributed by atoms with Crippen molar-refractivity contribution in [1.29, 1.82) is 0 Å². The van der Waals surface area contributed by atoms with Crippen molar-refractivity contribution in [2.45, 2.75) is 6.42 Å². The molecule has 2 N–H and O–H groups in total. The fourth-order valence-corrected chi connectivity index (χ4v) is 3.28. The summed E-state index contributed by atoms with van der Waals surface area (Å²) in [6, 6.07) is 5.56. The number of amides is 4. The van der Waals surface area contributed by atoms with Gasteiger partial charge in [-0.15, -0.1) is 0 Å². The van der Waals surface area contributed by atoms with Gasteiger partial charge in [0.25, 0.3) is 5.91 Å². The molecule has 1 aromatic rings. The Kier molecular flexibility index (Phi) is 6.54. The van der Waals surface area contributed by atoms with Crippen LogP contribution in [0, 0.1) is 5.92 Å². The van der Waals surface area contributed by atoms with Gasteiger partial charge in [0, 0.05) is 24.2 Å². The lowest BCUT2D eigenvalue weighted by atomic mass is 10.1. The Morgan fingerprint density at radius 2 is 2.07 bits per heavy atom. The molecule has 1 atom stereocenters. The van der Waals surface area contributed by atoms with Crippen LogP contribution in [0.3, 0.4) is 0 Å². The third-order valence-electron chi connectivity index (χ3n) is 4.54. The van der Waals surface area contributed by atoms with Gasteiger partial charge < -0.3 is 9.64 Å². The number of hydrogen-bond donors (Lipinski definition) is 2. The fourth-order valence-electron chi connectivity index (χ4n) is 3.09. The lowest BCUT2D eigenvalue weighted by Gasteiger charge is -2.28. The highest BCUT2D eigenvalue weighted by Crippen LogP contribution is 2.23. The van der Waals surface area contributed by atoms with E-state index >= 15 is 0 Å². The average Bonchev–Trinajstić information content (AvgIpc) is 2.64. The average molecular weight is 394 g/mol. The number of carbonyl (C=O) groups is 3. The van der Waals surface area contributed by atoms with Crippen LogP contribution in [0.25, 0.3) is 0 Å². The number of nitrogens with zero attached hydrogens (tertiary/aromatic N) is 2. The zero-order valence-corrected chi connectivity index (χ0v) is 15.6. The first-order valence-corrected chi connectivity index (χ1v) is 9.29. The summed E-state index contributed by atoms with van der Waals surface area (Å²) in [7, 11) is 0. The molecule has 1 aromatic carbocycles. The first kappa shape index (κ1) is 19.5. The molecule has 2 aliphatic heterocycles. The van der Waals surface area contributed by atoms with Crippen molar-refractivity contribution >= 4 is 41.3 Å². The third-order valence-corrected chi connectivity index (χ3v) is 4.78. The molecule has 0 aromatic heterocycles. The van der Waals surface area contributed by atoms with Crippen LogP contribution in [0.5, 0.6) is 0 Å². The Hall–Kier alpha value is -2.29. The molecule has 9 heteroatoms. The summed E-state index contributed by atoms with van der Waals surface area (Å²) in [5, 5.41) is 2.58. The van der Waals surface area contributed by atoms with Crippen molar-refractivity contribution < 1.29 is 24.0 Å². The highest BCUT2D eigenvalue weighted by molar-refractivity contribution is 6.34. The van der Waals surface area contributed by atoms with Crippen molar-refractivity contribution in [3.63, 3.8) is 0 Å². The van der Waals surface area contributed by atoms with E-state index in [1.54, 1.807) is 18.2 Å². The van der Waals surface area contributed by atoms with Gasteiger partial charge >= 0.3 is 6.03 Å². The van der Waals surface area contributed by atoms with Crippen LogP contribution in [0.4, 0.5) is 10.5 Å². The van der Waals surface area contributed by atoms with Gasteiger partial charge in [-0.05, 0) is 18.2 Å². The maximum atomic E-state index is 12.7. The van der Waals surface area contributed by atoms with Gasteiger partial charge in [0.1, 0.15) is 13.1 Å². The number of nitrogens with one attached hydrogen (secondary N) is 2. The zero-order valence-electron chi connectivity index (χ0n) is 14.8. The van der Waals surface area contributed by atoms with E-state index in [-0.39, 0.29) is 0 Å². The van der Waals surface area contributed by atoms with Gasteiger partial charge in [0.15, 0.2) is 5.92 Å². The molecule has 0 radical (unpaired) electrons. The number of hydrogen-bond acceptors (Lipinski definition) is 5. The standard InChI is InChI=1S/C18H21ClN4O4/c19-13-3-1-4-14(11-13)23-17(25)15(16(24)21-18(23)26)12-20-5-2-6-22-7-9-27-10-8-22/h1,3-4,11-12,15H,2,5-10H2,(H,21,24,26)/p+1/t15-/m0/s1. The van der Waals surface area contributed by atoms with Crippen LogP contribution >= 0.6 is 11.6 Å². The molecular formula is C18H22ClN4O4+. The number of benzene rings is 1. The lowest BCUT2D eigenvalue weighted by Crippen LogP contribution is -3.14. The Morgan fingerprint density at radius 3 is 2.81 bits per heavy atom. The van der Waals surface area contributed by atoms with Crippen LogP contribution < -0.4 is 15.1 Å². The first-order chi connectivity index (χ1) is 13.1. The maximum Gasteiger partial charge on any atom is 0.335 e. The number of barbiturate groups is 1. The van der Waals surface area contributed by atoms with E-state index in [9.17, 15) is 14.4 Å². The molecule has 4 amide bonds. The number of imide groups is 2. The van der Waals surface area contributed by atoms with E-state index in [2.05, 4.69) is 10.3 Å². The molecule has 0 aliphatic carbocycles. The van der Waals surface area contributed by atoms with Crippen LogP contribution in [0.15, 0.2) is 29.3 Å². The van der Waals surface area contributed by atoms with E-state index < -0.39 is 23.8 Å². The van der Waals surface area contributed by atoms with Gasteiger partial charge in [-0.2, -0.15) is 0 Å². The van der Waals surface area contributed by atoms with Crippen molar-refractivity contribution in [3.05, 3.63) is 29.3 Å². The molecule has 2 heterocycles. The van der Waals surface area contributed by atoms with Crippen molar-refractivity contribution in [2.75, 3.05) is 44.3 Å². The summed E-state index contributed by atoms with van der Waals surface area (Å²) in [5.74, 6) is -2.42. The molecule has 2 aliphatic rings. The number of urea groups is 1. The summed E-state index contributed by atoms with van der Waals surface area (Å²) < 4.78 is 5.32. The minimum Gasteiger partial charge on any atom is -0.370 e. The number of halogens is 1. The van der Waals surface area contributed by atoms with Crippen molar-refractivity contribution in [2.24, 2.45) is 10.9 Å². The number of ether oxygens (including phenoxy) is 1. The number of anilines is 1. The van der Waals surface area contributed by atoms with Gasteiger partial charge in [0.05, 0.1) is 25.4 Å². The largest absolute Gasteiger partial charge is 0.370 e. The Balaban J connectivity index is 1.59. The van der Waals surface area contributed by atoms with E-state index in [4.69, 9.17) is 16.3 Å². The maximum absolute atomic E-state index is 12.7. The molecule has 2 fully saturated rings. The number of carbonyl (C=O) groups excluding carboxylic acids is 3. The minimum absolute atomic E-state index is 0.312. The van der Waals surface area contributed by atoms with Crippen LogP contribution in [0.1, 0.15) is 6.42 Å². The summed E-state index contributed by atoms with van der Waals surface area (Å²) in [6.07, 6.45) is 2.18. The van der Waals surface area contributed by atoms with Crippen LogP contribution in [0.2, 0.25) is 5.02 Å².